The van der Waals surface area contributed by atoms with Crippen molar-refractivity contribution in [2.24, 2.45) is 0 Å². The Morgan fingerprint density at radius 1 is 1.32 bits per heavy atom. The van der Waals surface area contributed by atoms with E-state index in [1.807, 2.05) is 20.8 Å². The fraction of sp³-hybridized carbons (Fsp3) is 0.462. The van der Waals surface area contributed by atoms with Crippen LogP contribution in [0.4, 0.5) is 0 Å². The first kappa shape index (κ1) is 16.5. The molecule has 0 bridgehead atoms. The highest BCUT2D eigenvalue weighted by molar-refractivity contribution is 9.11. The molecule has 4 nitrogen and oxygen atoms in total. The lowest BCUT2D eigenvalue weighted by atomic mass is 10.1. The van der Waals surface area contributed by atoms with Crippen molar-refractivity contribution in [2.45, 2.75) is 32.9 Å². The first-order valence-corrected chi connectivity index (χ1v) is 7.34. The van der Waals surface area contributed by atoms with Crippen molar-refractivity contribution < 1.29 is 14.6 Å². The monoisotopic (exact) mass is 393 g/mol. The van der Waals surface area contributed by atoms with Gasteiger partial charge in [0.2, 0.25) is 0 Å². The standard InChI is InChI=1S/C13H17Br2NO3/c1-13(2,3)16-11(18)7-19-12-9(14)4-8(6-17)5-10(12)15/h4-5,17H,6-7H2,1-3H3,(H,16,18). The van der Waals surface area contributed by atoms with E-state index < -0.39 is 0 Å². The molecule has 0 aromatic heterocycles. The number of hydrogen-bond acceptors (Lipinski definition) is 3. The lowest BCUT2D eigenvalue weighted by molar-refractivity contribution is -0.124. The van der Waals surface area contributed by atoms with Gasteiger partial charge in [0.1, 0.15) is 5.75 Å². The highest BCUT2D eigenvalue weighted by Crippen LogP contribution is 2.34. The van der Waals surface area contributed by atoms with E-state index in [1.165, 1.54) is 0 Å². The third-order valence-electron chi connectivity index (χ3n) is 2.10. The maximum absolute atomic E-state index is 11.7. The summed E-state index contributed by atoms with van der Waals surface area (Å²) in [6.07, 6.45) is 0. The Labute approximate surface area is 129 Å². The van der Waals surface area contributed by atoms with Gasteiger partial charge in [0.25, 0.3) is 5.91 Å². The highest BCUT2D eigenvalue weighted by Gasteiger charge is 2.15. The third kappa shape index (κ3) is 5.50. The first-order valence-electron chi connectivity index (χ1n) is 5.75. The summed E-state index contributed by atoms with van der Waals surface area (Å²) in [5.74, 6) is 0.360. The second-order valence-corrected chi connectivity index (χ2v) is 6.84. The zero-order valence-corrected chi connectivity index (χ0v) is 14.3. The predicted molar refractivity (Wildman–Crippen MR) is 81.2 cm³/mol. The molecule has 6 heteroatoms. The molecule has 0 aliphatic heterocycles. The van der Waals surface area contributed by atoms with Crippen LogP contribution < -0.4 is 10.1 Å². The van der Waals surface area contributed by atoms with Crippen LogP contribution in [-0.2, 0) is 11.4 Å². The molecule has 106 valence electrons. The van der Waals surface area contributed by atoms with Crippen molar-refractivity contribution in [1.29, 1.82) is 0 Å². The summed E-state index contributed by atoms with van der Waals surface area (Å²) in [7, 11) is 0. The number of rotatable bonds is 4. The van der Waals surface area contributed by atoms with E-state index >= 15 is 0 Å². The second kappa shape index (κ2) is 6.72. The summed E-state index contributed by atoms with van der Waals surface area (Å²) in [6, 6.07) is 3.50. The molecule has 0 aliphatic rings. The van der Waals surface area contributed by atoms with Crippen LogP contribution in [-0.4, -0.2) is 23.2 Å². The Balaban J connectivity index is 2.71. The average Bonchev–Trinajstić information content (AvgIpc) is 2.25. The largest absolute Gasteiger partial charge is 0.481 e. The SMILES string of the molecule is CC(C)(C)NC(=O)COc1c(Br)cc(CO)cc1Br. The normalized spacial score (nSPS) is 11.3. The van der Waals surface area contributed by atoms with Crippen LogP contribution in [0.3, 0.4) is 0 Å². The van der Waals surface area contributed by atoms with Crippen LogP contribution in [0, 0.1) is 0 Å². The maximum atomic E-state index is 11.7. The Kier molecular flexibility index (Phi) is 5.82. The van der Waals surface area contributed by atoms with Gasteiger partial charge in [0, 0.05) is 5.54 Å². The smallest absolute Gasteiger partial charge is 0.258 e. The molecule has 0 saturated carbocycles. The molecular formula is C13H17Br2NO3. The Bertz CT molecular complexity index is 446. The molecule has 0 atom stereocenters. The fourth-order valence-corrected chi connectivity index (χ4v) is 2.94. The number of carbonyl (C=O) groups is 1. The zero-order chi connectivity index (χ0) is 14.6. The number of benzene rings is 1. The van der Waals surface area contributed by atoms with Crippen molar-refractivity contribution in [3.63, 3.8) is 0 Å². The van der Waals surface area contributed by atoms with Crippen molar-refractivity contribution in [1.82, 2.24) is 5.32 Å². The van der Waals surface area contributed by atoms with Crippen LogP contribution >= 0.6 is 31.9 Å². The van der Waals surface area contributed by atoms with Gasteiger partial charge >= 0.3 is 0 Å². The Morgan fingerprint density at radius 3 is 2.26 bits per heavy atom. The van der Waals surface area contributed by atoms with Crippen molar-refractivity contribution in [2.75, 3.05) is 6.61 Å². The lowest BCUT2D eigenvalue weighted by Gasteiger charge is -2.20. The number of halogens is 2. The van der Waals surface area contributed by atoms with Crippen LogP contribution in [0.15, 0.2) is 21.1 Å². The van der Waals surface area contributed by atoms with Gasteiger partial charge in [0.05, 0.1) is 15.6 Å². The molecule has 0 unspecified atom stereocenters. The minimum atomic E-state index is -0.282. The highest BCUT2D eigenvalue weighted by atomic mass is 79.9. The van der Waals surface area contributed by atoms with E-state index in [0.717, 1.165) is 5.56 Å². The number of aliphatic hydroxyl groups excluding tert-OH is 1. The van der Waals surface area contributed by atoms with Gasteiger partial charge in [-0.05, 0) is 70.3 Å². The van der Waals surface area contributed by atoms with Crippen molar-refractivity contribution in [3.05, 3.63) is 26.6 Å². The topological polar surface area (TPSA) is 58.6 Å². The van der Waals surface area contributed by atoms with Crippen LogP contribution in [0.25, 0.3) is 0 Å². The van der Waals surface area contributed by atoms with Gasteiger partial charge in [-0.3, -0.25) is 4.79 Å². The average molecular weight is 395 g/mol. The van der Waals surface area contributed by atoms with E-state index in [9.17, 15) is 4.79 Å². The molecule has 0 saturated heterocycles. The Morgan fingerprint density at radius 2 is 1.84 bits per heavy atom. The Hall–Kier alpha value is -0.590. The van der Waals surface area contributed by atoms with Gasteiger partial charge < -0.3 is 15.2 Å². The number of aliphatic hydroxyl groups is 1. The molecule has 0 aliphatic carbocycles. The van der Waals surface area contributed by atoms with E-state index in [1.54, 1.807) is 12.1 Å². The van der Waals surface area contributed by atoms with Gasteiger partial charge in [-0.2, -0.15) is 0 Å². The molecule has 0 spiro atoms. The van der Waals surface area contributed by atoms with Crippen molar-refractivity contribution >= 4 is 37.8 Å². The first-order chi connectivity index (χ1) is 8.73. The van der Waals surface area contributed by atoms with E-state index in [-0.39, 0.29) is 24.7 Å². The fourth-order valence-electron chi connectivity index (χ4n) is 1.43. The second-order valence-electron chi connectivity index (χ2n) is 5.13. The third-order valence-corrected chi connectivity index (χ3v) is 3.28. The van der Waals surface area contributed by atoms with Gasteiger partial charge in [0.15, 0.2) is 6.61 Å². The molecule has 1 aromatic rings. The summed E-state index contributed by atoms with van der Waals surface area (Å²) in [5.41, 5.74) is 0.473. The summed E-state index contributed by atoms with van der Waals surface area (Å²) in [6.45, 7) is 5.61. The minimum Gasteiger partial charge on any atom is -0.481 e. The summed E-state index contributed by atoms with van der Waals surface area (Å²) in [4.78, 5) is 11.7. The summed E-state index contributed by atoms with van der Waals surface area (Å²) < 4.78 is 6.87. The van der Waals surface area contributed by atoms with Crippen LogP contribution in [0.2, 0.25) is 0 Å². The number of carbonyl (C=O) groups excluding carboxylic acids is 1. The number of nitrogens with one attached hydrogen (secondary N) is 1. The number of hydrogen-bond donors (Lipinski definition) is 2. The van der Waals surface area contributed by atoms with Gasteiger partial charge in [-0.15, -0.1) is 0 Å². The molecular weight excluding hydrogens is 378 g/mol. The quantitative estimate of drug-likeness (QED) is 0.825. The summed E-state index contributed by atoms with van der Waals surface area (Å²) >= 11 is 6.70. The zero-order valence-electron chi connectivity index (χ0n) is 11.1. The molecule has 0 fully saturated rings. The lowest BCUT2D eigenvalue weighted by Crippen LogP contribution is -2.43. The van der Waals surface area contributed by atoms with Crippen LogP contribution in [0.5, 0.6) is 5.75 Å². The molecule has 19 heavy (non-hydrogen) atoms. The van der Waals surface area contributed by atoms with Gasteiger partial charge in [-0.1, -0.05) is 0 Å². The molecule has 1 amide bonds. The molecule has 1 rings (SSSR count). The van der Waals surface area contributed by atoms with E-state index in [4.69, 9.17) is 9.84 Å². The van der Waals surface area contributed by atoms with E-state index in [2.05, 4.69) is 37.2 Å². The van der Waals surface area contributed by atoms with E-state index in [0.29, 0.717) is 14.7 Å². The maximum Gasteiger partial charge on any atom is 0.258 e. The molecule has 1 aromatic carbocycles. The minimum absolute atomic E-state index is 0.0536. The predicted octanol–water partition coefficient (Wildman–Crippen LogP) is 3.00. The molecule has 2 N–H and O–H groups in total. The van der Waals surface area contributed by atoms with Gasteiger partial charge in [-0.25, -0.2) is 0 Å². The summed E-state index contributed by atoms with van der Waals surface area (Å²) in [5, 5.41) is 11.9. The molecule has 0 radical (unpaired) electrons. The van der Waals surface area contributed by atoms with Crippen molar-refractivity contribution in [3.8, 4) is 5.75 Å². The number of amides is 1. The number of ether oxygens (including phenoxy) is 1. The van der Waals surface area contributed by atoms with Crippen LogP contribution in [0.1, 0.15) is 26.3 Å². The molecule has 0 heterocycles.